The van der Waals surface area contributed by atoms with Gasteiger partial charge in [-0.15, -0.1) is 0 Å². The minimum Gasteiger partial charge on any atom is -0.287 e. The molecule has 47 valence electrons. The smallest absolute Gasteiger partial charge is 0.237 e. The van der Waals surface area contributed by atoms with E-state index in [-0.39, 0.29) is 0 Å². The molecule has 0 saturated heterocycles. The van der Waals surface area contributed by atoms with Crippen LogP contribution in [0.5, 0.6) is 0 Å². The Morgan fingerprint density at radius 1 is 1.62 bits per heavy atom. The zero-order valence-electron chi connectivity index (χ0n) is 4.58. The van der Waals surface area contributed by atoms with E-state index in [1.807, 2.05) is 6.92 Å². The van der Waals surface area contributed by atoms with Crippen molar-refractivity contribution < 1.29 is 4.79 Å². The maximum Gasteiger partial charge on any atom is 0.237 e. The van der Waals surface area contributed by atoms with E-state index in [2.05, 4.69) is 0 Å². The molecule has 1 radical (unpaired) electrons. The van der Waals surface area contributed by atoms with E-state index < -0.39 is 4.33 Å². The lowest BCUT2D eigenvalue weighted by Gasteiger charge is -2.06. The summed E-state index contributed by atoms with van der Waals surface area (Å²) < 4.78 is -1.27. The van der Waals surface area contributed by atoms with Gasteiger partial charge in [-0.25, -0.2) is 0 Å². The van der Waals surface area contributed by atoms with Gasteiger partial charge in [0, 0.05) is 0 Å². The van der Waals surface area contributed by atoms with Gasteiger partial charge in [-0.2, -0.15) is 0 Å². The second-order valence-corrected chi connectivity index (χ2v) is 3.04. The molecule has 8 heavy (non-hydrogen) atoms. The summed E-state index contributed by atoms with van der Waals surface area (Å²) >= 11 is 10.7. The van der Waals surface area contributed by atoms with Gasteiger partial charge in [-0.05, 0) is 6.42 Å². The summed E-state index contributed by atoms with van der Waals surface area (Å²) in [5.74, 6) is 0. The van der Waals surface area contributed by atoms with E-state index in [1.54, 1.807) is 0 Å². The third-order valence-electron chi connectivity index (χ3n) is 0.713. The summed E-state index contributed by atoms with van der Waals surface area (Å²) in [4.78, 5) is 9.83. The Bertz CT molecular complexity index is 80.5. The fourth-order valence-electron chi connectivity index (χ4n) is 0.365. The Labute approximate surface area is 59.0 Å². The Hall–Kier alpha value is 0.250. The molecule has 0 unspecified atom stereocenters. The summed E-state index contributed by atoms with van der Waals surface area (Å²) in [6.45, 7) is 1.90. The first-order valence-electron chi connectivity index (χ1n) is 2.39. The van der Waals surface area contributed by atoms with Crippen LogP contribution in [0.3, 0.4) is 0 Å². The lowest BCUT2D eigenvalue weighted by Crippen LogP contribution is -2.12. The average molecular weight is 154 g/mol. The summed E-state index contributed by atoms with van der Waals surface area (Å²) in [7, 11) is 0. The molecule has 0 aromatic heterocycles. The Kier molecular flexibility index (Phi) is 3.41. The van der Waals surface area contributed by atoms with Gasteiger partial charge < -0.3 is 0 Å². The molecule has 0 atom stereocenters. The van der Waals surface area contributed by atoms with Crippen LogP contribution in [0.25, 0.3) is 0 Å². The first kappa shape index (κ1) is 8.25. The molecular weight excluding hydrogens is 147 g/mol. The molecule has 0 saturated carbocycles. The molecule has 0 spiro atoms. The highest BCUT2D eigenvalue weighted by Crippen LogP contribution is 2.23. The maximum atomic E-state index is 9.83. The fourth-order valence-corrected chi connectivity index (χ4v) is 0.743. The Morgan fingerprint density at radius 2 is 2.12 bits per heavy atom. The van der Waals surface area contributed by atoms with Gasteiger partial charge in [-0.3, -0.25) is 4.79 Å². The standard InChI is InChI=1S/C5H7Cl2O/c1-2-3-5(6,7)4-8/h2-3H2,1H3. The van der Waals surface area contributed by atoms with E-state index in [4.69, 9.17) is 23.2 Å². The van der Waals surface area contributed by atoms with E-state index in [0.29, 0.717) is 6.42 Å². The summed E-state index contributed by atoms with van der Waals surface area (Å²) in [5.41, 5.74) is 0. The number of hydrogen-bond acceptors (Lipinski definition) is 1. The van der Waals surface area contributed by atoms with E-state index >= 15 is 0 Å². The monoisotopic (exact) mass is 153 g/mol. The van der Waals surface area contributed by atoms with Crippen molar-refractivity contribution in [3.05, 3.63) is 0 Å². The van der Waals surface area contributed by atoms with Crippen LogP contribution < -0.4 is 0 Å². The largest absolute Gasteiger partial charge is 0.287 e. The average Bonchev–Trinajstić information content (AvgIpc) is 1.67. The van der Waals surface area contributed by atoms with Crippen molar-refractivity contribution in [1.29, 1.82) is 0 Å². The molecular formula is C5H7Cl2O. The lowest BCUT2D eigenvalue weighted by molar-refractivity contribution is 0.543. The van der Waals surface area contributed by atoms with Crippen LogP contribution in [0.4, 0.5) is 0 Å². The van der Waals surface area contributed by atoms with Gasteiger partial charge in [0.05, 0.1) is 0 Å². The highest BCUT2D eigenvalue weighted by Gasteiger charge is 2.21. The zero-order chi connectivity index (χ0) is 6.62. The minimum atomic E-state index is -1.27. The van der Waals surface area contributed by atoms with Crippen molar-refractivity contribution >= 4 is 29.5 Å². The summed E-state index contributed by atoms with van der Waals surface area (Å²) in [6.07, 6.45) is 2.79. The van der Waals surface area contributed by atoms with Crippen molar-refractivity contribution in [3.63, 3.8) is 0 Å². The zero-order valence-corrected chi connectivity index (χ0v) is 6.09. The molecule has 0 amide bonds. The summed E-state index contributed by atoms with van der Waals surface area (Å²) in [5, 5.41) is 0. The third kappa shape index (κ3) is 3.28. The molecule has 3 heteroatoms. The highest BCUT2D eigenvalue weighted by molar-refractivity contribution is 6.55. The second kappa shape index (κ2) is 3.31. The van der Waals surface area contributed by atoms with Crippen LogP contribution in [0, 0.1) is 0 Å². The quantitative estimate of drug-likeness (QED) is 0.568. The van der Waals surface area contributed by atoms with Crippen LogP contribution >= 0.6 is 23.2 Å². The van der Waals surface area contributed by atoms with Gasteiger partial charge in [-0.1, -0.05) is 36.5 Å². The first-order valence-corrected chi connectivity index (χ1v) is 3.15. The molecule has 0 rings (SSSR count). The van der Waals surface area contributed by atoms with Gasteiger partial charge >= 0.3 is 0 Å². The maximum absolute atomic E-state index is 9.83. The predicted molar refractivity (Wildman–Crippen MR) is 35.0 cm³/mol. The second-order valence-electron chi connectivity index (χ2n) is 1.56. The van der Waals surface area contributed by atoms with Crippen molar-refractivity contribution in [2.45, 2.75) is 24.1 Å². The van der Waals surface area contributed by atoms with Crippen molar-refractivity contribution in [2.75, 3.05) is 0 Å². The van der Waals surface area contributed by atoms with Crippen molar-refractivity contribution in [2.24, 2.45) is 0 Å². The van der Waals surface area contributed by atoms with Crippen LogP contribution in [0.15, 0.2) is 0 Å². The number of alkyl halides is 2. The molecule has 0 fully saturated rings. The van der Waals surface area contributed by atoms with Crippen LogP contribution in [-0.2, 0) is 4.79 Å². The molecule has 0 bridgehead atoms. The number of halogens is 2. The fraction of sp³-hybridized carbons (Fsp3) is 0.800. The SMILES string of the molecule is CCCC(Cl)(Cl)[C]=O. The minimum absolute atomic E-state index is 0.472. The molecule has 1 nitrogen and oxygen atoms in total. The van der Waals surface area contributed by atoms with E-state index in [0.717, 1.165) is 6.42 Å². The lowest BCUT2D eigenvalue weighted by atomic mass is 10.3. The highest BCUT2D eigenvalue weighted by atomic mass is 35.5. The molecule has 0 N–H and O–H groups in total. The molecule has 0 aromatic rings. The number of carbonyl (C=O) groups excluding carboxylic acids is 1. The molecule has 0 aliphatic carbocycles. The molecule has 0 aromatic carbocycles. The van der Waals surface area contributed by atoms with Crippen LogP contribution in [0.1, 0.15) is 19.8 Å². The van der Waals surface area contributed by atoms with E-state index in [1.165, 1.54) is 6.29 Å². The van der Waals surface area contributed by atoms with Crippen LogP contribution in [-0.4, -0.2) is 10.6 Å². The van der Waals surface area contributed by atoms with Gasteiger partial charge in [0.15, 0.2) is 4.33 Å². The van der Waals surface area contributed by atoms with Crippen LogP contribution in [0.2, 0.25) is 0 Å². The van der Waals surface area contributed by atoms with E-state index in [9.17, 15) is 4.79 Å². The number of hydrogen-bond donors (Lipinski definition) is 0. The van der Waals surface area contributed by atoms with Crippen molar-refractivity contribution in [1.82, 2.24) is 0 Å². The molecule has 0 heterocycles. The first-order chi connectivity index (χ1) is 3.62. The topological polar surface area (TPSA) is 17.1 Å². The normalized spacial score (nSPS) is 11.4. The molecule has 0 aliphatic heterocycles. The predicted octanol–water partition coefficient (Wildman–Crippen LogP) is 2.07. The van der Waals surface area contributed by atoms with Crippen molar-refractivity contribution in [3.8, 4) is 0 Å². The van der Waals surface area contributed by atoms with Gasteiger partial charge in [0.25, 0.3) is 0 Å². The molecule has 0 aliphatic rings. The van der Waals surface area contributed by atoms with Gasteiger partial charge in [0.2, 0.25) is 6.29 Å². The third-order valence-corrected chi connectivity index (χ3v) is 1.25. The Morgan fingerprint density at radius 3 is 2.25 bits per heavy atom. The Balaban J connectivity index is 3.53. The number of rotatable bonds is 3. The van der Waals surface area contributed by atoms with Gasteiger partial charge in [0.1, 0.15) is 0 Å². The summed E-state index contributed by atoms with van der Waals surface area (Å²) in [6, 6.07) is 0.